The average molecular weight is 383 g/mol. The molecular weight excluding hydrogens is 370 g/mol. The van der Waals surface area contributed by atoms with Gasteiger partial charge in [-0.2, -0.15) is 11.3 Å². The summed E-state index contributed by atoms with van der Waals surface area (Å²) in [5.41, 5.74) is 2.55. The van der Waals surface area contributed by atoms with Crippen LogP contribution in [0.25, 0.3) is 21.5 Å². The zero-order valence-corrected chi connectivity index (χ0v) is 15.4. The monoisotopic (exact) mass is 383 g/mol. The Bertz CT molecular complexity index is 1090. The third-order valence-corrected chi connectivity index (χ3v) is 5.49. The number of Topliss-reactive ketones (excluding diaryl/α,β-unsaturated/α-hetero) is 1. The van der Waals surface area contributed by atoms with E-state index in [4.69, 9.17) is 9.15 Å². The summed E-state index contributed by atoms with van der Waals surface area (Å²) >= 11 is 2.93. The lowest BCUT2D eigenvalue weighted by Gasteiger charge is -2.01. The molecule has 5 nitrogen and oxygen atoms in total. The van der Waals surface area contributed by atoms with Crippen molar-refractivity contribution < 1.29 is 18.7 Å². The standard InChI is InChI=1S/C19H13NO4S2/c1-11-13-4-2-3-5-16(13)24-17(11)15(21)8-23-19(22)14-10-26-18(20-14)12-6-7-25-9-12/h2-7,9-10H,8H2,1H3. The molecule has 0 fully saturated rings. The molecular formula is C19H13NO4S2. The number of carbonyl (C=O) groups is 2. The summed E-state index contributed by atoms with van der Waals surface area (Å²) in [5.74, 6) is -0.776. The molecule has 26 heavy (non-hydrogen) atoms. The van der Waals surface area contributed by atoms with Gasteiger partial charge in [-0.25, -0.2) is 9.78 Å². The van der Waals surface area contributed by atoms with Crippen LogP contribution in [0, 0.1) is 6.92 Å². The molecule has 0 aliphatic carbocycles. The van der Waals surface area contributed by atoms with E-state index in [1.54, 1.807) is 22.8 Å². The molecule has 3 heterocycles. The molecule has 0 unspecified atom stereocenters. The minimum atomic E-state index is -0.621. The van der Waals surface area contributed by atoms with Crippen LogP contribution in [-0.4, -0.2) is 23.3 Å². The maximum Gasteiger partial charge on any atom is 0.358 e. The lowest BCUT2D eigenvalue weighted by molar-refractivity contribution is 0.0463. The first-order chi connectivity index (χ1) is 12.6. The van der Waals surface area contributed by atoms with E-state index in [0.29, 0.717) is 5.58 Å². The fourth-order valence-corrected chi connectivity index (χ4v) is 4.10. The number of ketones is 1. The summed E-state index contributed by atoms with van der Waals surface area (Å²) in [4.78, 5) is 28.8. The Morgan fingerprint density at radius 1 is 1.19 bits per heavy atom. The number of nitrogens with zero attached hydrogens (tertiary/aromatic N) is 1. The van der Waals surface area contributed by atoms with Gasteiger partial charge in [0, 0.05) is 27.3 Å². The van der Waals surface area contributed by atoms with Crippen molar-refractivity contribution in [1.82, 2.24) is 4.98 Å². The Labute approximate surface area is 156 Å². The van der Waals surface area contributed by atoms with E-state index in [9.17, 15) is 9.59 Å². The predicted octanol–water partition coefficient (Wildman–Crippen LogP) is 4.97. The minimum Gasteiger partial charge on any atom is -0.453 e. The second kappa shape index (κ2) is 6.86. The SMILES string of the molecule is Cc1c(C(=O)COC(=O)c2csc(-c3ccsc3)n2)oc2ccccc12. The summed E-state index contributed by atoms with van der Waals surface area (Å²) in [6.07, 6.45) is 0. The van der Waals surface area contributed by atoms with Crippen molar-refractivity contribution in [1.29, 1.82) is 0 Å². The van der Waals surface area contributed by atoms with Gasteiger partial charge in [0.15, 0.2) is 18.1 Å². The normalized spacial score (nSPS) is 11.0. The second-order valence-electron chi connectivity index (χ2n) is 5.60. The second-order valence-corrected chi connectivity index (χ2v) is 7.24. The maximum absolute atomic E-state index is 12.4. The predicted molar refractivity (Wildman–Crippen MR) is 101 cm³/mol. The molecule has 130 valence electrons. The Morgan fingerprint density at radius 2 is 2.04 bits per heavy atom. The molecule has 0 spiro atoms. The summed E-state index contributed by atoms with van der Waals surface area (Å²) in [6.45, 7) is 1.43. The molecule has 0 atom stereocenters. The number of fused-ring (bicyclic) bond motifs is 1. The number of hydrogen-bond donors (Lipinski definition) is 0. The molecule has 0 aliphatic heterocycles. The summed E-state index contributed by atoms with van der Waals surface area (Å²) < 4.78 is 10.7. The number of ether oxygens (including phenoxy) is 1. The van der Waals surface area contributed by atoms with Crippen LogP contribution in [0.4, 0.5) is 0 Å². The summed E-state index contributed by atoms with van der Waals surface area (Å²) in [7, 11) is 0. The molecule has 1 aromatic carbocycles. The molecule has 4 rings (SSSR count). The number of rotatable bonds is 5. The Balaban J connectivity index is 1.45. The van der Waals surface area contributed by atoms with E-state index in [1.165, 1.54) is 11.3 Å². The third-order valence-electron chi connectivity index (χ3n) is 3.91. The van der Waals surface area contributed by atoms with E-state index in [-0.39, 0.29) is 23.8 Å². The van der Waals surface area contributed by atoms with E-state index in [1.807, 2.05) is 41.9 Å². The largest absolute Gasteiger partial charge is 0.453 e. The van der Waals surface area contributed by atoms with Gasteiger partial charge in [-0.3, -0.25) is 4.79 Å². The number of carbonyl (C=O) groups excluding carboxylic acids is 2. The molecule has 0 saturated heterocycles. The van der Waals surface area contributed by atoms with E-state index in [2.05, 4.69) is 4.98 Å². The molecule has 0 N–H and O–H groups in total. The van der Waals surface area contributed by atoms with Gasteiger partial charge in [-0.05, 0) is 24.4 Å². The molecule has 0 aliphatic rings. The molecule has 4 aromatic rings. The molecule has 0 saturated carbocycles. The van der Waals surface area contributed by atoms with Crippen molar-refractivity contribution in [2.45, 2.75) is 6.92 Å². The number of esters is 1. The van der Waals surface area contributed by atoms with Gasteiger partial charge in [0.05, 0.1) is 0 Å². The molecule has 3 aromatic heterocycles. The van der Waals surface area contributed by atoms with E-state index < -0.39 is 5.97 Å². The fraction of sp³-hybridized carbons (Fsp3) is 0.105. The summed E-state index contributed by atoms with van der Waals surface area (Å²) in [5, 5.41) is 7.16. The first-order valence-corrected chi connectivity index (χ1v) is 9.62. The topological polar surface area (TPSA) is 69.4 Å². The van der Waals surface area contributed by atoms with Gasteiger partial charge in [-0.15, -0.1) is 11.3 Å². The quantitative estimate of drug-likeness (QED) is 0.360. The number of hydrogen-bond acceptors (Lipinski definition) is 7. The zero-order valence-electron chi connectivity index (χ0n) is 13.7. The number of aryl methyl sites for hydroxylation is 1. The number of thiazole rings is 1. The zero-order chi connectivity index (χ0) is 18.1. The van der Waals surface area contributed by atoms with Crippen molar-refractivity contribution in [3.63, 3.8) is 0 Å². The highest BCUT2D eigenvalue weighted by Gasteiger charge is 2.20. The maximum atomic E-state index is 12.4. The lowest BCUT2D eigenvalue weighted by atomic mass is 10.1. The van der Waals surface area contributed by atoms with Gasteiger partial charge < -0.3 is 9.15 Å². The highest BCUT2D eigenvalue weighted by Crippen LogP contribution is 2.27. The minimum absolute atomic E-state index is 0.199. The number of para-hydroxylation sites is 1. The first kappa shape index (κ1) is 16.7. The van der Waals surface area contributed by atoms with E-state index in [0.717, 1.165) is 21.5 Å². The van der Waals surface area contributed by atoms with Crippen LogP contribution >= 0.6 is 22.7 Å². The molecule has 0 radical (unpaired) electrons. The average Bonchev–Trinajstić information content (AvgIpc) is 3.39. The van der Waals surface area contributed by atoms with Crippen molar-refractivity contribution in [3.05, 3.63) is 63.5 Å². The van der Waals surface area contributed by atoms with Crippen LogP contribution in [0.5, 0.6) is 0 Å². The van der Waals surface area contributed by atoms with Crippen LogP contribution in [0.15, 0.2) is 50.9 Å². The van der Waals surface area contributed by atoms with Gasteiger partial charge >= 0.3 is 5.97 Å². The molecule has 0 amide bonds. The number of thiophene rings is 1. The lowest BCUT2D eigenvalue weighted by Crippen LogP contribution is -2.14. The van der Waals surface area contributed by atoms with Gasteiger partial charge in [-0.1, -0.05) is 18.2 Å². The van der Waals surface area contributed by atoms with Crippen LogP contribution in [0.3, 0.4) is 0 Å². The highest BCUT2D eigenvalue weighted by atomic mass is 32.1. The highest BCUT2D eigenvalue weighted by molar-refractivity contribution is 7.14. The van der Waals surface area contributed by atoms with Gasteiger partial charge in [0.1, 0.15) is 10.6 Å². The van der Waals surface area contributed by atoms with Crippen LogP contribution in [0.2, 0.25) is 0 Å². The van der Waals surface area contributed by atoms with E-state index >= 15 is 0 Å². The van der Waals surface area contributed by atoms with Crippen molar-refractivity contribution in [2.75, 3.05) is 6.61 Å². The smallest absolute Gasteiger partial charge is 0.358 e. The number of furan rings is 1. The Kier molecular flexibility index (Phi) is 4.40. The molecule has 0 bridgehead atoms. The van der Waals surface area contributed by atoms with Crippen molar-refractivity contribution >= 4 is 45.4 Å². The van der Waals surface area contributed by atoms with Crippen LogP contribution in [0.1, 0.15) is 26.6 Å². The summed E-state index contributed by atoms with van der Waals surface area (Å²) in [6, 6.07) is 9.34. The van der Waals surface area contributed by atoms with Gasteiger partial charge in [0.25, 0.3) is 0 Å². The number of aromatic nitrogens is 1. The number of benzene rings is 1. The van der Waals surface area contributed by atoms with Gasteiger partial charge in [0.2, 0.25) is 5.78 Å². The first-order valence-electron chi connectivity index (χ1n) is 7.80. The van der Waals surface area contributed by atoms with Crippen LogP contribution < -0.4 is 0 Å². The Hall–Kier alpha value is -2.77. The Morgan fingerprint density at radius 3 is 2.81 bits per heavy atom. The van der Waals surface area contributed by atoms with Crippen molar-refractivity contribution in [2.24, 2.45) is 0 Å². The van der Waals surface area contributed by atoms with Crippen molar-refractivity contribution in [3.8, 4) is 10.6 Å². The fourth-order valence-electron chi connectivity index (χ4n) is 2.60. The van der Waals surface area contributed by atoms with Crippen LogP contribution in [-0.2, 0) is 4.74 Å². The third kappa shape index (κ3) is 3.07. The molecule has 7 heteroatoms.